The van der Waals surface area contributed by atoms with Gasteiger partial charge in [0.2, 0.25) is 0 Å². The minimum absolute atomic E-state index is 0.0721. The van der Waals surface area contributed by atoms with Crippen LogP contribution in [0.25, 0.3) is 0 Å². The average Bonchev–Trinajstić information content (AvgIpc) is 3.35. The van der Waals surface area contributed by atoms with E-state index in [9.17, 15) is 18.4 Å². The number of carbonyl (C=O) groups excluding carboxylic acids is 2. The van der Waals surface area contributed by atoms with Crippen LogP contribution >= 0.6 is 0 Å². The predicted molar refractivity (Wildman–Crippen MR) is 75.6 cm³/mol. The maximum absolute atomic E-state index is 12.4. The minimum atomic E-state index is -2.99. The van der Waals surface area contributed by atoms with Crippen molar-refractivity contribution in [1.29, 1.82) is 0 Å². The van der Waals surface area contributed by atoms with Gasteiger partial charge in [0.05, 0.1) is 13.7 Å². The summed E-state index contributed by atoms with van der Waals surface area (Å²) < 4.78 is 39.1. The first-order valence-electron chi connectivity index (χ1n) is 7.06. The van der Waals surface area contributed by atoms with E-state index in [0.717, 1.165) is 12.8 Å². The van der Waals surface area contributed by atoms with Crippen molar-refractivity contribution in [3.63, 3.8) is 0 Å². The molecule has 0 spiro atoms. The van der Waals surface area contributed by atoms with E-state index < -0.39 is 18.5 Å². The van der Waals surface area contributed by atoms with Gasteiger partial charge in [-0.2, -0.15) is 8.78 Å². The summed E-state index contributed by atoms with van der Waals surface area (Å²) in [5.41, 5.74) is 0.168. The van der Waals surface area contributed by atoms with Crippen molar-refractivity contribution in [2.24, 2.45) is 5.92 Å². The zero-order valence-electron chi connectivity index (χ0n) is 12.5. The van der Waals surface area contributed by atoms with Gasteiger partial charge in [0.15, 0.2) is 11.5 Å². The monoisotopic (exact) mass is 329 g/mol. The molecule has 1 saturated carbocycles. The Kier molecular flexibility index (Phi) is 5.72. The molecular formula is C15H17F2NO5. The van der Waals surface area contributed by atoms with Crippen LogP contribution < -0.4 is 14.8 Å². The number of nitrogens with one attached hydrogen (secondary N) is 1. The third kappa shape index (κ3) is 5.39. The maximum Gasteiger partial charge on any atom is 0.387 e. The molecule has 1 N–H and O–H groups in total. The van der Waals surface area contributed by atoms with Crippen molar-refractivity contribution in [3.8, 4) is 11.5 Å². The largest absolute Gasteiger partial charge is 0.489 e. The van der Waals surface area contributed by atoms with Gasteiger partial charge in [-0.05, 0) is 37.0 Å². The molecule has 2 rings (SSSR count). The number of esters is 1. The fourth-order valence-electron chi connectivity index (χ4n) is 1.77. The zero-order valence-corrected chi connectivity index (χ0v) is 12.5. The Balaban J connectivity index is 2.08. The van der Waals surface area contributed by atoms with Crippen LogP contribution in [0.4, 0.5) is 8.78 Å². The van der Waals surface area contributed by atoms with E-state index in [0.29, 0.717) is 12.5 Å². The number of benzene rings is 1. The van der Waals surface area contributed by atoms with Gasteiger partial charge in [0.1, 0.15) is 6.54 Å². The Hall–Kier alpha value is -2.38. The lowest BCUT2D eigenvalue weighted by Crippen LogP contribution is -2.30. The van der Waals surface area contributed by atoms with Crippen molar-refractivity contribution in [1.82, 2.24) is 5.32 Å². The number of hydrogen-bond donors (Lipinski definition) is 1. The van der Waals surface area contributed by atoms with Crippen LogP contribution in [-0.4, -0.2) is 38.7 Å². The Morgan fingerprint density at radius 3 is 2.65 bits per heavy atom. The Bertz CT molecular complexity index is 575. The van der Waals surface area contributed by atoms with E-state index in [1.54, 1.807) is 0 Å². The van der Waals surface area contributed by atoms with Crippen molar-refractivity contribution >= 4 is 11.9 Å². The third-order valence-electron chi connectivity index (χ3n) is 3.21. The molecule has 0 bridgehead atoms. The van der Waals surface area contributed by atoms with Crippen molar-refractivity contribution in [3.05, 3.63) is 23.8 Å². The summed E-state index contributed by atoms with van der Waals surface area (Å²) in [6, 6.07) is 3.86. The molecule has 1 aliphatic carbocycles. The highest BCUT2D eigenvalue weighted by Crippen LogP contribution is 2.34. The van der Waals surface area contributed by atoms with E-state index in [1.165, 1.54) is 25.3 Å². The summed E-state index contributed by atoms with van der Waals surface area (Å²) in [5.74, 6) is -0.796. The molecule has 0 aromatic heterocycles. The van der Waals surface area contributed by atoms with E-state index >= 15 is 0 Å². The van der Waals surface area contributed by atoms with Crippen LogP contribution in [-0.2, 0) is 9.53 Å². The minimum Gasteiger partial charge on any atom is -0.489 e. The summed E-state index contributed by atoms with van der Waals surface area (Å²) in [5, 5.41) is 2.36. The molecule has 0 aliphatic heterocycles. The highest BCUT2D eigenvalue weighted by Gasteiger charge is 2.23. The van der Waals surface area contributed by atoms with Gasteiger partial charge in [-0.25, -0.2) is 0 Å². The van der Waals surface area contributed by atoms with Gasteiger partial charge < -0.3 is 19.5 Å². The number of carbonyl (C=O) groups is 2. The highest BCUT2D eigenvalue weighted by molar-refractivity contribution is 5.96. The van der Waals surface area contributed by atoms with E-state index in [1.807, 2.05) is 0 Å². The molecule has 1 fully saturated rings. The second-order valence-electron chi connectivity index (χ2n) is 5.05. The van der Waals surface area contributed by atoms with Gasteiger partial charge in [-0.1, -0.05) is 0 Å². The van der Waals surface area contributed by atoms with Gasteiger partial charge in [0.25, 0.3) is 5.91 Å². The zero-order chi connectivity index (χ0) is 16.8. The molecule has 1 aliphatic rings. The van der Waals surface area contributed by atoms with Crippen molar-refractivity contribution < 1.29 is 32.6 Å². The normalized spacial score (nSPS) is 13.6. The molecule has 1 aromatic carbocycles. The Morgan fingerprint density at radius 2 is 2.04 bits per heavy atom. The van der Waals surface area contributed by atoms with Crippen LogP contribution in [0.1, 0.15) is 23.2 Å². The number of alkyl halides is 2. The second-order valence-corrected chi connectivity index (χ2v) is 5.05. The molecule has 8 heteroatoms. The molecule has 1 aromatic rings. The Morgan fingerprint density at radius 1 is 1.30 bits per heavy atom. The number of hydrogen-bond acceptors (Lipinski definition) is 5. The van der Waals surface area contributed by atoms with Gasteiger partial charge in [-0.3, -0.25) is 9.59 Å². The topological polar surface area (TPSA) is 73.9 Å². The molecule has 0 atom stereocenters. The fourth-order valence-corrected chi connectivity index (χ4v) is 1.77. The molecule has 0 radical (unpaired) electrons. The maximum atomic E-state index is 12.4. The molecule has 23 heavy (non-hydrogen) atoms. The summed E-state index contributed by atoms with van der Waals surface area (Å²) in [7, 11) is 1.20. The molecule has 126 valence electrons. The summed E-state index contributed by atoms with van der Waals surface area (Å²) in [6.45, 7) is -2.90. The van der Waals surface area contributed by atoms with E-state index in [4.69, 9.17) is 4.74 Å². The first-order chi connectivity index (χ1) is 11.0. The van der Waals surface area contributed by atoms with Gasteiger partial charge >= 0.3 is 12.6 Å². The number of rotatable bonds is 8. The molecular weight excluding hydrogens is 312 g/mol. The number of methoxy groups -OCH3 is 1. The van der Waals surface area contributed by atoms with Crippen LogP contribution in [0.5, 0.6) is 11.5 Å². The summed E-state index contributed by atoms with van der Waals surface area (Å²) >= 11 is 0. The summed E-state index contributed by atoms with van der Waals surface area (Å²) in [6.07, 6.45) is 2.06. The third-order valence-corrected chi connectivity index (χ3v) is 3.21. The lowest BCUT2D eigenvalue weighted by molar-refractivity contribution is -0.139. The molecule has 0 heterocycles. The number of amides is 1. The molecule has 0 unspecified atom stereocenters. The standard InChI is InChI=1S/C15H17F2NO5/c1-21-13(19)7-18-14(20)10-4-5-11(23-15(16)17)12(6-10)22-8-9-2-3-9/h4-6,9,15H,2-3,7-8H2,1H3,(H,18,20). The van der Waals surface area contributed by atoms with E-state index in [-0.39, 0.29) is 23.6 Å². The number of halogens is 2. The average molecular weight is 329 g/mol. The second kappa shape index (κ2) is 7.75. The first kappa shape index (κ1) is 17.0. The highest BCUT2D eigenvalue weighted by atomic mass is 19.3. The van der Waals surface area contributed by atoms with Crippen LogP contribution in [0.15, 0.2) is 18.2 Å². The Labute approximate surface area is 131 Å². The van der Waals surface area contributed by atoms with Crippen LogP contribution in [0.3, 0.4) is 0 Å². The van der Waals surface area contributed by atoms with Gasteiger partial charge in [0, 0.05) is 5.56 Å². The SMILES string of the molecule is COC(=O)CNC(=O)c1ccc(OC(F)F)c(OCC2CC2)c1. The van der Waals surface area contributed by atoms with Crippen LogP contribution in [0.2, 0.25) is 0 Å². The predicted octanol–water partition coefficient (Wildman–Crippen LogP) is 1.98. The summed E-state index contributed by atoms with van der Waals surface area (Å²) in [4.78, 5) is 22.9. The van der Waals surface area contributed by atoms with E-state index in [2.05, 4.69) is 14.8 Å². The lowest BCUT2D eigenvalue weighted by atomic mass is 10.2. The smallest absolute Gasteiger partial charge is 0.387 e. The number of ether oxygens (including phenoxy) is 3. The lowest BCUT2D eigenvalue weighted by Gasteiger charge is -2.13. The molecule has 1 amide bonds. The van der Waals surface area contributed by atoms with Gasteiger partial charge in [-0.15, -0.1) is 0 Å². The van der Waals surface area contributed by atoms with Crippen molar-refractivity contribution in [2.45, 2.75) is 19.5 Å². The molecule has 6 nitrogen and oxygen atoms in total. The first-order valence-corrected chi connectivity index (χ1v) is 7.06. The van der Waals surface area contributed by atoms with Crippen molar-refractivity contribution in [2.75, 3.05) is 20.3 Å². The van der Waals surface area contributed by atoms with Crippen LogP contribution in [0, 0.1) is 5.92 Å². The quantitative estimate of drug-likeness (QED) is 0.738. The fraction of sp³-hybridized carbons (Fsp3) is 0.467. The molecule has 0 saturated heterocycles.